The molecule has 4 aromatic carbocycles. The summed E-state index contributed by atoms with van der Waals surface area (Å²) in [6.45, 7) is 4.70. The Kier molecular flexibility index (Phi) is 6.60. The number of epoxide rings is 2. The number of ether oxygens (including phenoxy) is 7. The van der Waals surface area contributed by atoms with E-state index in [9.17, 15) is 0 Å². The van der Waals surface area contributed by atoms with E-state index in [1.165, 1.54) is 22.3 Å². The molecule has 0 N–H and O–H groups in total. The highest BCUT2D eigenvalue weighted by Gasteiger charge is 2.51. The lowest BCUT2D eigenvalue weighted by molar-refractivity contribution is 0.0877. The summed E-state index contributed by atoms with van der Waals surface area (Å²) in [4.78, 5) is 0. The maximum atomic E-state index is 6.65. The van der Waals surface area contributed by atoms with Crippen molar-refractivity contribution in [1.29, 1.82) is 0 Å². The molecule has 7 nitrogen and oxygen atoms in total. The zero-order valence-electron chi connectivity index (χ0n) is 23.3. The number of rotatable bonds is 12. The van der Waals surface area contributed by atoms with Crippen molar-refractivity contribution in [3.05, 3.63) is 107 Å². The minimum absolute atomic E-state index is 0.245. The molecule has 0 amide bonds. The van der Waals surface area contributed by atoms with Crippen LogP contribution in [0, 0.1) is 0 Å². The molecule has 8 rings (SSSR count). The summed E-state index contributed by atoms with van der Waals surface area (Å²) >= 11 is 0. The maximum absolute atomic E-state index is 6.65. The molecule has 2 fully saturated rings. The molecule has 42 heavy (non-hydrogen) atoms. The smallest absolute Gasteiger partial charge is 0.135 e. The fraction of sp³-hybridized carbons (Fsp3) is 0.314. The van der Waals surface area contributed by atoms with Gasteiger partial charge in [0, 0.05) is 23.3 Å². The lowest BCUT2D eigenvalue weighted by Crippen LogP contribution is -2.32. The third kappa shape index (κ3) is 4.63. The third-order valence-corrected chi connectivity index (χ3v) is 8.29. The van der Waals surface area contributed by atoms with Crippen LogP contribution in [0.2, 0.25) is 0 Å². The second-order valence-corrected chi connectivity index (χ2v) is 11.0. The SMILES string of the molecule is c1ccc2c(c1)-c1ccccc1C21c2ccc(OCCOCC3CO3)cc2Oc2cc(OCCOCC3CO3)ccc21. The first-order valence-corrected chi connectivity index (χ1v) is 14.6. The van der Waals surface area contributed by atoms with Crippen molar-refractivity contribution in [2.45, 2.75) is 17.6 Å². The Bertz CT molecular complexity index is 1490. The van der Waals surface area contributed by atoms with Crippen LogP contribution < -0.4 is 14.2 Å². The molecule has 2 saturated heterocycles. The first-order valence-electron chi connectivity index (χ1n) is 14.6. The van der Waals surface area contributed by atoms with Crippen LogP contribution in [-0.4, -0.2) is 65.1 Å². The minimum Gasteiger partial charge on any atom is -0.491 e. The fourth-order valence-electron chi connectivity index (χ4n) is 6.25. The minimum atomic E-state index is -0.534. The second kappa shape index (κ2) is 10.7. The molecule has 2 unspecified atom stereocenters. The average Bonchev–Trinajstić information content (AvgIpc) is 3.97. The molecule has 3 heterocycles. The van der Waals surface area contributed by atoms with Gasteiger partial charge in [-0.05, 0) is 34.4 Å². The number of hydrogen-bond acceptors (Lipinski definition) is 7. The van der Waals surface area contributed by atoms with Crippen LogP contribution in [-0.2, 0) is 24.4 Å². The van der Waals surface area contributed by atoms with E-state index in [0.717, 1.165) is 47.3 Å². The summed E-state index contributed by atoms with van der Waals surface area (Å²) in [6, 6.07) is 29.7. The van der Waals surface area contributed by atoms with Crippen LogP contribution in [0.25, 0.3) is 11.1 Å². The van der Waals surface area contributed by atoms with Crippen LogP contribution in [0.1, 0.15) is 22.3 Å². The zero-order chi connectivity index (χ0) is 27.9. The van der Waals surface area contributed by atoms with E-state index >= 15 is 0 Å². The molecule has 1 aliphatic carbocycles. The largest absolute Gasteiger partial charge is 0.491 e. The van der Waals surface area contributed by atoms with Gasteiger partial charge in [0.05, 0.1) is 45.1 Å². The standard InChI is InChI=1S/C35H32O7/c1-3-7-29-27(5-1)28-6-2-4-8-30(28)35(29)31-11-9-23(38-15-13-36-19-25-21-40-25)17-33(31)42-34-18-24(10-12-32(34)35)39-16-14-37-20-26-22-41-26/h1-12,17-18,25-26H,13-16,19-22H2. The molecule has 0 saturated carbocycles. The van der Waals surface area contributed by atoms with Crippen molar-refractivity contribution in [1.82, 2.24) is 0 Å². The Morgan fingerprint density at radius 1 is 0.571 bits per heavy atom. The van der Waals surface area contributed by atoms with E-state index in [0.29, 0.717) is 39.6 Å². The number of benzene rings is 4. The molecule has 0 aromatic heterocycles. The van der Waals surface area contributed by atoms with E-state index < -0.39 is 5.41 Å². The highest BCUT2D eigenvalue weighted by Crippen LogP contribution is 2.62. The third-order valence-electron chi connectivity index (χ3n) is 8.29. The zero-order valence-corrected chi connectivity index (χ0v) is 23.3. The van der Waals surface area contributed by atoms with Gasteiger partial charge >= 0.3 is 0 Å². The van der Waals surface area contributed by atoms with E-state index in [4.69, 9.17) is 33.2 Å². The molecule has 4 aliphatic rings. The fourth-order valence-corrected chi connectivity index (χ4v) is 6.25. The van der Waals surface area contributed by atoms with Gasteiger partial charge in [-0.2, -0.15) is 0 Å². The van der Waals surface area contributed by atoms with Gasteiger partial charge in [0.15, 0.2) is 0 Å². The quantitative estimate of drug-likeness (QED) is 0.139. The lowest BCUT2D eigenvalue weighted by atomic mass is 9.66. The van der Waals surface area contributed by atoms with Gasteiger partial charge in [-0.25, -0.2) is 0 Å². The van der Waals surface area contributed by atoms with E-state index in [2.05, 4.69) is 60.7 Å². The van der Waals surface area contributed by atoms with Gasteiger partial charge in [-0.1, -0.05) is 60.7 Å². The van der Waals surface area contributed by atoms with E-state index in [-0.39, 0.29) is 12.2 Å². The molecule has 1 spiro atoms. The first kappa shape index (κ1) is 25.8. The van der Waals surface area contributed by atoms with Crippen molar-refractivity contribution in [3.8, 4) is 34.1 Å². The molecule has 4 aromatic rings. The van der Waals surface area contributed by atoms with Crippen molar-refractivity contribution >= 4 is 0 Å². The highest BCUT2D eigenvalue weighted by atomic mass is 16.6. The van der Waals surface area contributed by atoms with Crippen molar-refractivity contribution < 1.29 is 33.2 Å². The van der Waals surface area contributed by atoms with E-state index in [1.807, 2.05) is 24.3 Å². The molecular formula is C35H32O7. The topological polar surface area (TPSA) is 71.2 Å². The summed E-state index contributed by atoms with van der Waals surface area (Å²) in [5, 5.41) is 0. The monoisotopic (exact) mass is 564 g/mol. The Morgan fingerprint density at radius 3 is 1.52 bits per heavy atom. The maximum Gasteiger partial charge on any atom is 0.135 e. The predicted octanol–water partition coefficient (Wildman–Crippen LogP) is 5.74. The summed E-state index contributed by atoms with van der Waals surface area (Å²) in [6.07, 6.45) is 0.489. The molecule has 214 valence electrons. The van der Waals surface area contributed by atoms with Gasteiger partial charge in [0.25, 0.3) is 0 Å². The predicted molar refractivity (Wildman–Crippen MR) is 156 cm³/mol. The molecular weight excluding hydrogens is 532 g/mol. The van der Waals surface area contributed by atoms with Crippen molar-refractivity contribution in [2.75, 3.05) is 52.9 Å². The molecule has 3 aliphatic heterocycles. The molecule has 7 heteroatoms. The Labute approximate surface area is 244 Å². The highest BCUT2D eigenvalue weighted by molar-refractivity contribution is 5.88. The van der Waals surface area contributed by atoms with Gasteiger partial charge in [-0.15, -0.1) is 0 Å². The number of fused-ring (bicyclic) bond motifs is 9. The van der Waals surface area contributed by atoms with Gasteiger partial charge in [-0.3, -0.25) is 0 Å². The van der Waals surface area contributed by atoms with Crippen molar-refractivity contribution in [2.24, 2.45) is 0 Å². The van der Waals surface area contributed by atoms with Gasteiger partial charge in [0.2, 0.25) is 0 Å². The first-order chi connectivity index (χ1) is 20.8. The summed E-state index contributed by atoms with van der Waals surface area (Å²) in [5.74, 6) is 3.01. The number of hydrogen-bond donors (Lipinski definition) is 0. The molecule has 0 bridgehead atoms. The second-order valence-electron chi connectivity index (χ2n) is 11.0. The Morgan fingerprint density at radius 2 is 1.05 bits per heavy atom. The molecule has 2 atom stereocenters. The summed E-state index contributed by atoms with van der Waals surface area (Å²) < 4.78 is 40.5. The van der Waals surface area contributed by atoms with Crippen LogP contribution >= 0.6 is 0 Å². The summed E-state index contributed by atoms with van der Waals surface area (Å²) in [7, 11) is 0. The van der Waals surface area contributed by atoms with Crippen LogP contribution in [0.15, 0.2) is 84.9 Å². The Hall–Kier alpha value is -3.88. The van der Waals surface area contributed by atoms with Gasteiger partial charge < -0.3 is 33.2 Å². The van der Waals surface area contributed by atoms with Crippen molar-refractivity contribution in [3.63, 3.8) is 0 Å². The van der Waals surface area contributed by atoms with E-state index in [1.54, 1.807) is 0 Å². The Balaban J connectivity index is 1.15. The summed E-state index contributed by atoms with van der Waals surface area (Å²) in [5.41, 5.74) is 6.60. The average molecular weight is 565 g/mol. The lowest BCUT2D eigenvalue weighted by Gasteiger charge is -2.39. The van der Waals surface area contributed by atoms with Crippen LogP contribution in [0.5, 0.6) is 23.0 Å². The normalized spacial score (nSPS) is 19.7. The van der Waals surface area contributed by atoms with Gasteiger partial charge in [0.1, 0.15) is 48.4 Å². The van der Waals surface area contributed by atoms with Crippen LogP contribution in [0.4, 0.5) is 0 Å². The van der Waals surface area contributed by atoms with Crippen LogP contribution in [0.3, 0.4) is 0 Å². The molecule has 0 radical (unpaired) electrons.